The highest BCUT2D eigenvalue weighted by molar-refractivity contribution is 6.03. The minimum atomic E-state index is -4.83. The molecule has 0 atom stereocenters. The number of benzene rings is 2. The van der Waals surface area contributed by atoms with Crippen molar-refractivity contribution in [2.45, 2.75) is 39.4 Å². The summed E-state index contributed by atoms with van der Waals surface area (Å²) >= 11 is 0. The van der Waals surface area contributed by atoms with Crippen molar-refractivity contribution in [3.63, 3.8) is 0 Å². The number of esters is 1. The molecule has 0 bridgehead atoms. The summed E-state index contributed by atoms with van der Waals surface area (Å²) in [6.07, 6.45) is -8.66. The molecule has 36 heavy (non-hydrogen) atoms. The lowest BCUT2D eigenvalue weighted by atomic mass is 10.0. The number of nitrogens with zero attached hydrogens (tertiary/aromatic N) is 1. The molecule has 4 N–H and O–H groups in total. The van der Waals surface area contributed by atoms with Crippen molar-refractivity contribution in [2.24, 2.45) is 16.5 Å². The smallest absolute Gasteiger partial charge is 0.465 e. The van der Waals surface area contributed by atoms with Crippen LogP contribution in [0.25, 0.3) is 0 Å². The normalized spacial score (nSPS) is 11.0. The number of methoxy groups -OCH3 is 1. The van der Waals surface area contributed by atoms with Crippen molar-refractivity contribution in [1.29, 1.82) is 0 Å². The Bertz CT molecular complexity index is 1100. The third-order valence-corrected chi connectivity index (χ3v) is 4.26. The van der Waals surface area contributed by atoms with Crippen molar-refractivity contribution in [1.82, 2.24) is 0 Å². The minimum absolute atomic E-state index is 0.0300. The fourth-order valence-electron chi connectivity index (χ4n) is 2.80. The predicted octanol–water partition coefficient (Wildman–Crippen LogP) is 4.50. The second-order valence-corrected chi connectivity index (χ2v) is 6.77. The molecule has 0 aliphatic carbocycles. The molecule has 0 heterocycles. The van der Waals surface area contributed by atoms with Gasteiger partial charge < -0.3 is 25.7 Å². The largest absolute Gasteiger partial charge is 0.573 e. The van der Waals surface area contributed by atoms with Gasteiger partial charge in [-0.25, -0.2) is 4.79 Å². The third-order valence-electron chi connectivity index (χ3n) is 4.26. The first-order chi connectivity index (χ1) is 16.6. The summed E-state index contributed by atoms with van der Waals surface area (Å²) in [4.78, 5) is 26.3. The molecule has 0 radical (unpaired) electrons. The lowest BCUT2D eigenvalue weighted by Crippen LogP contribution is -2.24. The monoisotopic (exact) mass is 523 g/mol. The maximum atomic E-state index is 12.1. The number of rotatable bonds is 6. The summed E-state index contributed by atoms with van der Waals surface area (Å²) in [5, 5.41) is 0. The molecule has 14 heteroatoms. The third kappa shape index (κ3) is 10.1. The maximum Gasteiger partial charge on any atom is 0.573 e. The van der Waals surface area contributed by atoms with Crippen LogP contribution in [0.4, 0.5) is 26.3 Å². The molecule has 2 aromatic carbocycles. The molecule has 0 saturated carbocycles. The maximum absolute atomic E-state index is 12.1. The molecule has 2 rings (SSSR count). The van der Waals surface area contributed by atoms with Gasteiger partial charge in [0, 0.05) is 5.56 Å². The first-order valence-electron chi connectivity index (χ1n) is 10.1. The first kappa shape index (κ1) is 30.1. The predicted molar refractivity (Wildman–Crippen MR) is 116 cm³/mol. The SMILES string of the molecule is CCc1ccc(OC(F)(F)F)cc1C(=O)N=C(N)N.CCc1ccc(OC(F)(F)F)cc1C(=O)OC. The van der Waals surface area contributed by atoms with Crippen LogP contribution in [0.3, 0.4) is 0 Å². The molecule has 0 unspecified atom stereocenters. The lowest BCUT2D eigenvalue weighted by molar-refractivity contribution is -0.275. The van der Waals surface area contributed by atoms with Crippen LogP contribution in [0, 0.1) is 0 Å². The number of alkyl halides is 6. The summed E-state index contributed by atoms with van der Waals surface area (Å²) in [5.41, 5.74) is 11.3. The molecular weight excluding hydrogens is 500 g/mol. The van der Waals surface area contributed by atoms with Crippen LogP contribution >= 0.6 is 0 Å². The number of nitrogens with two attached hydrogens (primary N) is 2. The van der Waals surface area contributed by atoms with Gasteiger partial charge in [-0.3, -0.25) is 4.79 Å². The van der Waals surface area contributed by atoms with Crippen molar-refractivity contribution in [3.8, 4) is 11.5 Å². The van der Waals surface area contributed by atoms with Crippen LogP contribution in [0.15, 0.2) is 41.4 Å². The van der Waals surface area contributed by atoms with Crippen LogP contribution in [0.1, 0.15) is 45.7 Å². The van der Waals surface area contributed by atoms with Gasteiger partial charge in [-0.2, -0.15) is 4.99 Å². The number of ether oxygens (including phenoxy) is 3. The van der Waals surface area contributed by atoms with Crippen molar-refractivity contribution >= 4 is 17.8 Å². The second-order valence-electron chi connectivity index (χ2n) is 6.77. The molecule has 0 aliphatic rings. The van der Waals surface area contributed by atoms with Gasteiger partial charge in [-0.1, -0.05) is 26.0 Å². The van der Waals surface area contributed by atoms with Gasteiger partial charge in [0.2, 0.25) is 0 Å². The van der Waals surface area contributed by atoms with Gasteiger partial charge >= 0.3 is 18.7 Å². The average Bonchev–Trinajstić information content (AvgIpc) is 2.76. The van der Waals surface area contributed by atoms with Crippen LogP contribution < -0.4 is 20.9 Å². The summed E-state index contributed by atoms with van der Waals surface area (Å²) in [7, 11) is 1.17. The first-order valence-corrected chi connectivity index (χ1v) is 10.1. The fourth-order valence-corrected chi connectivity index (χ4v) is 2.80. The van der Waals surface area contributed by atoms with Gasteiger partial charge in [-0.05, 0) is 48.2 Å². The van der Waals surface area contributed by atoms with E-state index in [1.807, 2.05) is 0 Å². The summed E-state index contributed by atoms with van der Waals surface area (Å²) in [6, 6.07) is 7.04. The molecule has 0 aliphatic heterocycles. The summed E-state index contributed by atoms with van der Waals surface area (Å²) in [6.45, 7) is 3.53. The van der Waals surface area contributed by atoms with Crippen molar-refractivity contribution in [3.05, 3.63) is 58.7 Å². The Morgan fingerprint density at radius 1 is 0.806 bits per heavy atom. The van der Waals surface area contributed by atoms with Gasteiger partial charge in [0.1, 0.15) is 11.5 Å². The van der Waals surface area contributed by atoms with E-state index >= 15 is 0 Å². The molecule has 1 amide bonds. The zero-order valence-corrected chi connectivity index (χ0v) is 19.3. The number of halogens is 6. The van der Waals surface area contributed by atoms with E-state index in [1.165, 1.54) is 25.3 Å². The van der Waals surface area contributed by atoms with Crippen molar-refractivity contribution < 1.29 is 50.1 Å². The average molecular weight is 523 g/mol. The van der Waals surface area contributed by atoms with Gasteiger partial charge in [0.25, 0.3) is 5.91 Å². The Hall–Kier alpha value is -3.97. The Morgan fingerprint density at radius 3 is 1.58 bits per heavy atom. The summed E-state index contributed by atoms with van der Waals surface area (Å²) in [5.74, 6) is -2.90. The number of hydrogen-bond acceptors (Lipinski definition) is 5. The van der Waals surface area contributed by atoms with Crippen molar-refractivity contribution in [2.75, 3.05) is 7.11 Å². The van der Waals surface area contributed by atoms with E-state index in [0.29, 0.717) is 24.0 Å². The number of hydrogen-bond donors (Lipinski definition) is 2. The fraction of sp³-hybridized carbons (Fsp3) is 0.318. The van der Waals surface area contributed by atoms with E-state index in [0.717, 1.165) is 18.2 Å². The summed E-state index contributed by atoms with van der Waals surface area (Å²) < 4.78 is 84.2. The van der Waals surface area contributed by atoms with Gasteiger partial charge in [-0.15, -0.1) is 26.3 Å². The number of carbonyl (C=O) groups is 2. The number of aryl methyl sites for hydroxylation is 2. The molecule has 2 aromatic rings. The molecule has 198 valence electrons. The molecule has 0 saturated heterocycles. The highest BCUT2D eigenvalue weighted by atomic mass is 19.4. The Kier molecular flexibility index (Phi) is 10.6. The Morgan fingerprint density at radius 2 is 1.22 bits per heavy atom. The molecule has 0 spiro atoms. The highest BCUT2D eigenvalue weighted by Gasteiger charge is 2.32. The standard InChI is InChI=1S/C11H12F3N3O2.C11H11F3O3/c1-2-6-3-4-7(19-11(12,13)14)5-8(6)9(18)17-10(15)16;1-3-7-4-5-8(17-11(12,13)14)6-9(7)10(15)16-2/h3-5H,2H2,1H3,(H4,15,16,17,18);4-6H,3H2,1-2H3. The topological polar surface area (TPSA) is 126 Å². The quantitative estimate of drug-likeness (QED) is 0.247. The van der Waals surface area contributed by atoms with E-state index in [-0.39, 0.29) is 11.1 Å². The van der Waals surface area contributed by atoms with Crippen LogP contribution in [-0.4, -0.2) is 37.7 Å². The highest BCUT2D eigenvalue weighted by Crippen LogP contribution is 2.27. The van der Waals surface area contributed by atoms with E-state index in [1.54, 1.807) is 13.8 Å². The number of carbonyl (C=O) groups excluding carboxylic acids is 2. The lowest BCUT2D eigenvalue weighted by Gasteiger charge is -2.11. The number of guanidine groups is 1. The zero-order valence-electron chi connectivity index (χ0n) is 19.3. The van der Waals surface area contributed by atoms with Gasteiger partial charge in [0.05, 0.1) is 12.7 Å². The van der Waals surface area contributed by atoms with Crippen LogP contribution in [-0.2, 0) is 17.6 Å². The number of aliphatic imine (C=N–C) groups is 1. The van der Waals surface area contributed by atoms with E-state index in [4.69, 9.17) is 11.5 Å². The van der Waals surface area contributed by atoms with Gasteiger partial charge in [0.15, 0.2) is 5.96 Å². The Balaban J connectivity index is 0.000000362. The molecule has 0 fully saturated rings. The molecule has 0 aromatic heterocycles. The molecular formula is C22H23F6N3O5. The van der Waals surface area contributed by atoms with Crippen LogP contribution in [0.2, 0.25) is 0 Å². The second kappa shape index (κ2) is 12.7. The van der Waals surface area contributed by atoms with Crippen LogP contribution in [0.5, 0.6) is 11.5 Å². The van der Waals surface area contributed by atoms with E-state index < -0.39 is 42.1 Å². The zero-order chi connectivity index (χ0) is 27.7. The minimum Gasteiger partial charge on any atom is -0.465 e. The number of amides is 1. The Labute approximate surface area is 201 Å². The van der Waals surface area contributed by atoms with E-state index in [2.05, 4.69) is 19.2 Å². The molecule has 8 nitrogen and oxygen atoms in total. The van der Waals surface area contributed by atoms with E-state index in [9.17, 15) is 35.9 Å².